The summed E-state index contributed by atoms with van der Waals surface area (Å²) in [5.74, 6) is -2.55. The highest BCUT2D eigenvalue weighted by Crippen LogP contribution is 2.25. The quantitative estimate of drug-likeness (QED) is 0.675. The third kappa shape index (κ3) is 3.03. The molecular weight excluding hydrogens is 162 g/mol. The molecule has 1 heterocycles. The fourth-order valence-corrected chi connectivity index (χ4v) is 1.60. The van der Waals surface area contributed by atoms with Crippen LogP contribution in [0.2, 0.25) is 0 Å². The van der Waals surface area contributed by atoms with Crippen LogP contribution < -0.4 is 11.1 Å². The lowest BCUT2D eigenvalue weighted by molar-refractivity contribution is -0.0165. The first-order chi connectivity index (χ1) is 5.64. The van der Waals surface area contributed by atoms with Gasteiger partial charge in [0.1, 0.15) is 0 Å². The first-order valence-corrected chi connectivity index (χ1v) is 4.43. The van der Waals surface area contributed by atoms with Crippen LogP contribution in [0.4, 0.5) is 8.78 Å². The molecule has 0 radical (unpaired) electrons. The maximum atomic E-state index is 12.8. The van der Waals surface area contributed by atoms with Crippen LogP contribution in [0.25, 0.3) is 0 Å². The zero-order chi connectivity index (χ0) is 9.03. The van der Waals surface area contributed by atoms with Crippen molar-refractivity contribution in [1.82, 2.24) is 5.32 Å². The first kappa shape index (κ1) is 9.86. The van der Waals surface area contributed by atoms with Crippen LogP contribution in [0.3, 0.4) is 0 Å². The Labute approximate surface area is 71.5 Å². The van der Waals surface area contributed by atoms with Gasteiger partial charge in [0.25, 0.3) is 5.92 Å². The molecule has 0 spiro atoms. The van der Waals surface area contributed by atoms with Crippen molar-refractivity contribution in [3.63, 3.8) is 0 Å². The largest absolute Gasteiger partial charge is 0.325 e. The van der Waals surface area contributed by atoms with Crippen LogP contribution in [0.15, 0.2) is 0 Å². The van der Waals surface area contributed by atoms with Crippen LogP contribution in [0.5, 0.6) is 0 Å². The molecule has 1 aliphatic rings. The molecule has 1 unspecified atom stereocenters. The molecule has 0 aromatic carbocycles. The van der Waals surface area contributed by atoms with Crippen LogP contribution >= 0.6 is 0 Å². The summed E-state index contributed by atoms with van der Waals surface area (Å²) in [6, 6.07) is 0. The Kier molecular flexibility index (Phi) is 3.40. The number of nitrogens with one attached hydrogen (secondary N) is 1. The SMILES string of the molecule is NCC(F)(F)CC1CCCNC1. The van der Waals surface area contributed by atoms with Crippen molar-refractivity contribution < 1.29 is 8.78 Å². The van der Waals surface area contributed by atoms with Gasteiger partial charge in [-0.3, -0.25) is 0 Å². The molecule has 1 saturated heterocycles. The Bertz CT molecular complexity index is 133. The summed E-state index contributed by atoms with van der Waals surface area (Å²) in [6.07, 6.45) is 1.85. The summed E-state index contributed by atoms with van der Waals surface area (Å²) in [6.45, 7) is 1.16. The highest BCUT2D eigenvalue weighted by atomic mass is 19.3. The van der Waals surface area contributed by atoms with Gasteiger partial charge in [0, 0.05) is 6.42 Å². The average Bonchev–Trinajstić information content (AvgIpc) is 2.06. The summed E-state index contributed by atoms with van der Waals surface area (Å²) in [7, 11) is 0. The summed E-state index contributed by atoms with van der Waals surface area (Å²) in [4.78, 5) is 0. The van der Waals surface area contributed by atoms with E-state index in [9.17, 15) is 8.78 Å². The second-order valence-electron chi connectivity index (χ2n) is 3.48. The molecule has 0 saturated carbocycles. The van der Waals surface area contributed by atoms with Gasteiger partial charge in [-0.2, -0.15) is 0 Å². The lowest BCUT2D eigenvalue weighted by atomic mass is 9.93. The van der Waals surface area contributed by atoms with Crippen molar-refractivity contribution in [3.05, 3.63) is 0 Å². The van der Waals surface area contributed by atoms with E-state index in [2.05, 4.69) is 5.32 Å². The van der Waals surface area contributed by atoms with E-state index in [1.807, 2.05) is 0 Å². The van der Waals surface area contributed by atoms with Crippen LogP contribution in [0.1, 0.15) is 19.3 Å². The van der Waals surface area contributed by atoms with Gasteiger partial charge in [0.15, 0.2) is 0 Å². The molecule has 1 aliphatic heterocycles. The monoisotopic (exact) mass is 178 g/mol. The molecule has 0 aromatic heterocycles. The van der Waals surface area contributed by atoms with Crippen molar-refractivity contribution in [2.75, 3.05) is 19.6 Å². The molecular formula is C8H16F2N2. The highest BCUT2D eigenvalue weighted by molar-refractivity contribution is 4.77. The molecule has 3 N–H and O–H groups in total. The summed E-state index contributed by atoms with van der Waals surface area (Å²) < 4.78 is 25.6. The number of hydrogen-bond acceptors (Lipinski definition) is 2. The normalized spacial score (nSPS) is 25.8. The van der Waals surface area contributed by atoms with Gasteiger partial charge in [-0.1, -0.05) is 0 Å². The zero-order valence-electron chi connectivity index (χ0n) is 7.15. The predicted octanol–water partition coefficient (Wildman–Crippen LogP) is 0.970. The van der Waals surface area contributed by atoms with E-state index in [1.54, 1.807) is 0 Å². The summed E-state index contributed by atoms with van der Waals surface area (Å²) in [5.41, 5.74) is 4.95. The third-order valence-electron chi connectivity index (χ3n) is 2.28. The zero-order valence-corrected chi connectivity index (χ0v) is 7.15. The van der Waals surface area contributed by atoms with Gasteiger partial charge < -0.3 is 11.1 Å². The molecule has 0 aliphatic carbocycles. The van der Waals surface area contributed by atoms with E-state index in [1.165, 1.54) is 0 Å². The minimum absolute atomic E-state index is 0.0590. The maximum Gasteiger partial charge on any atom is 0.260 e. The summed E-state index contributed by atoms with van der Waals surface area (Å²) >= 11 is 0. The maximum absolute atomic E-state index is 12.8. The Hall–Kier alpha value is -0.220. The van der Waals surface area contributed by atoms with E-state index >= 15 is 0 Å². The molecule has 72 valence electrons. The number of alkyl halides is 2. The molecule has 0 aromatic rings. The van der Waals surface area contributed by atoms with E-state index in [4.69, 9.17) is 5.73 Å². The van der Waals surface area contributed by atoms with Gasteiger partial charge in [-0.15, -0.1) is 0 Å². The molecule has 4 heteroatoms. The minimum Gasteiger partial charge on any atom is -0.325 e. The highest BCUT2D eigenvalue weighted by Gasteiger charge is 2.31. The van der Waals surface area contributed by atoms with Gasteiger partial charge >= 0.3 is 0 Å². The van der Waals surface area contributed by atoms with Gasteiger partial charge in [0.05, 0.1) is 6.54 Å². The Morgan fingerprint density at radius 1 is 1.50 bits per heavy atom. The van der Waals surface area contributed by atoms with Crippen LogP contribution in [-0.4, -0.2) is 25.6 Å². The Morgan fingerprint density at radius 3 is 2.75 bits per heavy atom. The van der Waals surface area contributed by atoms with Crippen molar-refractivity contribution >= 4 is 0 Å². The third-order valence-corrected chi connectivity index (χ3v) is 2.28. The van der Waals surface area contributed by atoms with E-state index in [0.29, 0.717) is 0 Å². The van der Waals surface area contributed by atoms with E-state index in [0.717, 1.165) is 25.9 Å². The summed E-state index contributed by atoms with van der Waals surface area (Å²) in [5, 5.41) is 3.11. The number of hydrogen-bond donors (Lipinski definition) is 2. The molecule has 0 bridgehead atoms. The lowest BCUT2D eigenvalue weighted by Crippen LogP contribution is -2.37. The fourth-order valence-electron chi connectivity index (χ4n) is 1.60. The van der Waals surface area contributed by atoms with Crippen molar-refractivity contribution in [1.29, 1.82) is 0 Å². The number of halogens is 2. The van der Waals surface area contributed by atoms with Gasteiger partial charge in [-0.05, 0) is 31.8 Å². The smallest absolute Gasteiger partial charge is 0.260 e. The Balaban J connectivity index is 2.28. The standard InChI is InChI=1S/C8H16F2N2/c9-8(10,6-11)4-7-2-1-3-12-5-7/h7,12H,1-6,11H2. The molecule has 1 atom stereocenters. The van der Waals surface area contributed by atoms with Crippen molar-refractivity contribution in [2.24, 2.45) is 11.7 Å². The van der Waals surface area contributed by atoms with Gasteiger partial charge in [0.2, 0.25) is 0 Å². The minimum atomic E-state index is -2.66. The fraction of sp³-hybridized carbons (Fsp3) is 1.00. The second kappa shape index (κ2) is 4.14. The van der Waals surface area contributed by atoms with Crippen LogP contribution in [0, 0.1) is 5.92 Å². The molecule has 1 fully saturated rings. The van der Waals surface area contributed by atoms with Gasteiger partial charge in [-0.25, -0.2) is 8.78 Å². The molecule has 2 nitrogen and oxygen atoms in total. The van der Waals surface area contributed by atoms with E-state index in [-0.39, 0.29) is 12.3 Å². The first-order valence-electron chi connectivity index (χ1n) is 4.43. The number of piperidine rings is 1. The molecule has 1 rings (SSSR count). The predicted molar refractivity (Wildman–Crippen MR) is 44.2 cm³/mol. The Morgan fingerprint density at radius 2 is 2.25 bits per heavy atom. The van der Waals surface area contributed by atoms with Crippen molar-refractivity contribution in [3.8, 4) is 0 Å². The number of nitrogens with two attached hydrogens (primary N) is 1. The van der Waals surface area contributed by atoms with Crippen molar-refractivity contribution in [2.45, 2.75) is 25.2 Å². The molecule has 12 heavy (non-hydrogen) atoms. The second-order valence-corrected chi connectivity index (χ2v) is 3.48. The van der Waals surface area contributed by atoms with Crippen LogP contribution in [-0.2, 0) is 0 Å². The molecule has 0 amide bonds. The lowest BCUT2D eigenvalue weighted by Gasteiger charge is -2.26. The van der Waals surface area contributed by atoms with E-state index < -0.39 is 12.5 Å². The average molecular weight is 178 g/mol. The topological polar surface area (TPSA) is 38.0 Å². The number of rotatable bonds is 3.